The summed E-state index contributed by atoms with van der Waals surface area (Å²) in [5.74, 6) is 1.59. The van der Waals surface area contributed by atoms with E-state index in [4.69, 9.17) is 11.6 Å². The van der Waals surface area contributed by atoms with Gasteiger partial charge in [-0.05, 0) is 18.6 Å². The van der Waals surface area contributed by atoms with Gasteiger partial charge in [0.15, 0.2) is 0 Å². The first-order chi connectivity index (χ1) is 6.86. The Morgan fingerprint density at radius 1 is 1.43 bits per heavy atom. The van der Waals surface area contributed by atoms with Crippen LogP contribution in [0.2, 0.25) is 0 Å². The van der Waals surface area contributed by atoms with Gasteiger partial charge in [0, 0.05) is 12.6 Å². The maximum atomic E-state index is 5.84. The second-order valence-electron chi connectivity index (χ2n) is 3.31. The molecule has 0 saturated heterocycles. The van der Waals surface area contributed by atoms with Gasteiger partial charge in [-0.2, -0.15) is 0 Å². The van der Waals surface area contributed by atoms with Gasteiger partial charge in [0.25, 0.3) is 0 Å². The molecule has 0 bridgehead atoms. The van der Waals surface area contributed by atoms with Crippen LogP contribution in [0.3, 0.4) is 0 Å². The van der Waals surface area contributed by atoms with Crippen LogP contribution >= 0.6 is 11.6 Å². The lowest BCUT2D eigenvalue weighted by atomic mass is 10.3. The zero-order valence-corrected chi connectivity index (χ0v) is 8.96. The number of aromatic nitrogens is 2. The highest BCUT2D eigenvalue weighted by atomic mass is 35.5. The molecule has 2 heterocycles. The van der Waals surface area contributed by atoms with Crippen LogP contribution in [-0.2, 0) is 12.3 Å². The summed E-state index contributed by atoms with van der Waals surface area (Å²) < 4.78 is 2.13. The van der Waals surface area contributed by atoms with Gasteiger partial charge in [-0.3, -0.25) is 0 Å². The molecule has 0 aliphatic heterocycles. The van der Waals surface area contributed by atoms with Gasteiger partial charge in [0.2, 0.25) is 0 Å². The van der Waals surface area contributed by atoms with Crippen LogP contribution in [0.4, 0.5) is 0 Å². The number of fused-ring (bicyclic) bond motifs is 1. The molecule has 0 unspecified atom stereocenters. The molecule has 3 heteroatoms. The maximum absolute atomic E-state index is 5.84. The molecule has 0 aromatic carbocycles. The van der Waals surface area contributed by atoms with Gasteiger partial charge in [0.05, 0.1) is 17.1 Å². The van der Waals surface area contributed by atoms with Crippen LogP contribution in [0.5, 0.6) is 0 Å². The van der Waals surface area contributed by atoms with E-state index in [0.29, 0.717) is 5.88 Å². The molecule has 0 aliphatic carbocycles. The lowest BCUT2D eigenvalue weighted by Crippen LogP contribution is -1.92. The fourth-order valence-corrected chi connectivity index (χ4v) is 1.87. The van der Waals surface area contributed by atoms with Gasteiger partial charge >= 0.3 is 0 Å². The fraction of sp³-hybridized carbons (Fsp3) is 0.364. The van der Waals surface area contributed by atoms with E-state index < -0.39 is 0 Å². The zero-order valence-electron chi connectivity index (χ0n) is 8.20. The molecule has 0 atom stereocenters. The average molecular weight is 209 g/mol. The summed E-state index contributed by atoms with van der Waals surface area (Å²) in [6.45, 7) is 2.16. The third-order valence-corrected chi connectivity index (χ3v) is 2.55. The first-order valence-corrected chi connectivity index (χ1v) is 5.41. The van der Waals surface area contributed by atoms with Crippen LogP contribution in [0.15, 0.2) is 24.4 Å². The van der Waals surface area contributed by atoms with Crippen molar-refractivity contribution < 1.29 is 0 Å². The molecule has 2 aromatic rings. The van der Waals surface area contributed by atoms with Crippen molar-refractivity contribution >= 4 is 17.1 Å². The normalized spacial score (nSPS) is 11.0. The minimum absolute atomic E-state index is 0.483. The molecule has 0 radical (unpaired) electrons. The number of hydrogen-bond donors (Lipinski definition) is 0. The van der Waals surface area contributed by atoms with E-state index in [0.717, 1.165) is 29.9 Å². The van der Waals surface area contributed by atoms with Gasteiger partial charge in [0.1, 0.15) is 5.82 Å². The van der Waals surface area contributed by atoms with Crippen LogP contribution < -0.4 is 0 Å². The smallest absolute Gasteiger partial charge is 0.113 e. The predicted molar refractivity (Wildman–Crippen MR) is 58.7 cm³/mol. The van der Waals surface area contributed by atoms with Crippen LogP contribution in [0.1, 0.15) is 24.9 Å². The Balaban J connectivity index is 2.61. The van der Waals surface area contributed by atoms with Crippen molar-refractivity contribution in [1.29, 1.82) is 0 Å². The van der Waals surface area contributed by atoms with Gasteiger partial charge in [-0.25, -0.2) is 4.98 Å². The Hall–Kier alpha value is -1.02. The number of pyridine rings is 1. The van der Waals surface area contributed by atoms with Crippen molar-refractivity contribution in [2.75, 3.05) is 0 Å². The molecule has 0 saturated carbocycles. The molecule has 0 spiro atoms. The summed E-state index contributed by atoms with van der Waals surface area (Å²) in [5.41, 5.74) is 2.11. The molecule has 0 amide bonds. The van der Waals surface area contributed by atoms with Crippen molar-refractivity contribution in [2.24, 2.45) is 0 Å². The Morgan fingerprint density at radius 3 is 3.00 bits per heavy atom. The zero-order chi connectivity index (χ0) is 9.97. The molecular formula is C11H13ClN2. The number of nitrogens with zero attached hydrogens (tertiary/aromatic N) is 2. The largest absolute Gasteiger partial charge is 0.303 e. The van der Waals surface area contributed by atoms with E-state index in [2.05, 4.69) is 22.4 Å². The van der Waals surface area contributed by atoms with Crippen molar-refractivity contribution in [3.8, 4) is 0 Å². The van der Waals surface area contributed by atoms with Crippen LogP contribution in [0, 0.1) is 0 Å². The first-order valence-electron chi connectivity index (χ1n) is 4.87. The molecule has 14 heavy (non-hydrogen) atoms. The Bertz CT molecular complexity index is 434. The topological polar surface area (TPSA) is 17.3 Å². The molecule has 0 fully saturated rings. The number of rotatable bonds is 3. The summed E-state index contributed by atoms with van der Waals surface area (Å²) in [7, 11) is 0. The molecule has 2 rings (SSSR count). The highest BCUT2D eigenvalue weighted by Crippen LogP contribution is 2.15. The fourth-order valence-electron chi connectivity index (χ4n) is 1.67. The summed E-state index contributed by atoms with van der Waals surface area (Å²) in [6, 6.07) is 6.10. The maximum Gasteiger partial charge on any atom is 0.113 e. The van der Waals surface area contributed by atoms with E-state index in [1.807, 2.05) is 18.3 Å². The molecule has 0 aliphatic rings. The van der Waals surface area contributed by atoms with Gasteiger partial charge in [-0.1, -0.05) is 13.0 Å². The number of hydrogen-bond acceptors (Lipinski definition) is 1. The van der Waals surface area contributed by atoms with Crippen molar-refractivity contribution in [2.45, 2.75) is 25.6 Å². The highest BCUT2D eigenvalue weighted by Gasteiger charge is 2.07. The summed E-state index contributed by atoms with van der Waals surface area (Å²) >= 11 is 5.84. The SMILES string of the molecule is CCCc1nc(CCl)c2ccccn12. The first kappa shape index (κ1) is 9.53. The minimum Gasteiger partial charge on any atom is -0.303 e. The van der Waals surface area contributed by atoms with Crippen molar-refractivity contribution in [3.05, 3.63) is 35.9 Å². The van der Waals surface area contributed by atoms with Gasteiger partial charge < -0.3 is 4.40 Å². The quantitative estimate of drug-likeness (QED) is 0.709. The Morgan fingerprint density at radius 2 is 2.29 bits per heavy atom. The van der Waals surface area contributed by atoms with Crippen LogP contribution in [0.25, 0.3) is 5.52 Å². The Labute approximate surface area is 88.5 Å². The predicted octanol–water partition coefficient (Wildman–Crippen LogP) is 3.03. The number of imidazole rings is 1. The van der Waals surface area contributed by atoms with E-state index in [1.165, 1.54) is 0 Å². The average Bonchev–Trinajstić information content (AvgIpc) is 2.58. The summed E-state index contributed by atoms with van der Waals surface area (Å²) in [6.07, 6.45) is 4.15. The molecule has 2 nitrogen and oxygen atoms in total. The summed E-state index contributed by atoms with van der Waals surface area (Å²) in [5, 5.41) is 0. The van der Waals surface area contributed by atoms with E-state index in [-0.39, 0.29) is 0 Å². The molecule has 2 aromatic heterocycles. The number of aryl methyl sites for hydroxylation is 1. The van der Waals surface area contributed by atoms with E-state index in [1.54, 1.807) is 0 Å². The summed E-state index contributed by atoms with van der Waals surface area (Å²) in [4.78, 5) is 4.53. The van der Waals surface area contributed by atoms with E-state index in [9.17, 15) is 0 Å². The standard InChI is InChI=1S/C11H13ClN2/c1-2-5-11-13-9(8-12)10-6-3-4-7-14(10)11/h3-4,6-7H,2,5,8H2,1H3. The lowest BCUT2D eigenvalue weighted by Gasteiger charge is -1.97. The minimum atomic E-state index is 0.483. The van der Waals surface area contributed by atoms with Crippen LogP contribution in [-0.4, -0.2) is 9.38 Å². The third-order valence-electron chi connectivity index (χ3n) is 2.30. The Kier molecular flexibility index (Phi) is 2.73. The number of alkyl halides is 1. The molecular weight excluding hydrogens is 196 g/mol. The number of halogens is 1. The third kappa shape index (κ3) is 1.50. The van der Waals surface area contributed by atoms with Gasteiger partial charge in [-0.15, -0.1) is 11.6 Å². The second-order valence-corrected chi connectivity index (χ2v) is 3.58. The van der Waals surface area contributed by atoms with Crippen molar-refractivity contribution in [1.82, 2.24) is 9.38 Å². The second kappa shape index (κ2) is 4.01. The molecule has 0 N–H and O–H groups in total. The van der Waals surface area contributed by atoms with Crippen molar-refractivity contribution in [3.63, 3.8) is 0 Å². The monoisotopic (exact) mass is 208 g/mol. The molecule has 74 valence electrons. The highest BCUT2D eigenvalue weighted by molar-refractivity contribution is 6.17. The van der Waals surface area contributed by atoms with E-state index >= 15 is 0 Å². The lowest BCUT2D eigenvalue weighted by molar-refractivity contribution is 0.828.